The number of carbonyl (C=O) groups is 1. The van der Waals surface area contributed by atoms with E-state index in [0.29, 0.717) is 25.4 Å². The van der Waals surface area contributed by atoms with E-state index in [1.807, 2.05) is 28.9 Å². The average molecular weight is 341 g/mol. The predicted molar refractivity (Wildman–Crippen MR) is 98.5 cm³/mol. The standard InChI is InChI=1S/C18H23N5O2/c1-3-11-23-14(9-10-20-18(24)25-4-2)15-12-7-5-6-8-13(12)21-17(19)16(15)22-23/h5-8H,3-4,9-11H2,1-2H3,(H2,19,21)(H,20,24). The molecule has 3 N–H and O–H groups in total. The van der Waals surface area contributed by atoms with Crippen LogP contribution in [0.5, 0.6) is 0 Å². The van der Waals surface area contributed by atoms with Crippen LogP contribution in [0.1, 0.15) is 26.0 Å². The Hall–Kier alpha value is -2.83. The van der Waals surface area contributed by atoms with Crippen molar-refractivity contribution in [2.75, 3.05) is 18.9 Å². The number of amides is 1. The molecule has 0 spiro atoms. The second kappa shape index (κ2) is 7.38. The molecule has 0 aliphatic rings. The Morgan fingerprint density at radius 3 is 2.88 bits per heavy atom. The summed E-state index contributed by atoms with van der Waals surface area (Å²) in [7, 11) is 0. The van der Waals surface area contributed by atoms with Crippen molar-refractivity contribution in [2.45, 2.75) is 33.2 Å². The topological polar surface area (TPSA) is 95.1 Å². The number of fused-ring (bicyclic) bond motifs is 3. The van der Waals surface area contributed by atoms with Crippen molar-refractivity contribution >= 4 is 33.7 Å². The summed E-state index contributed by atoms with van der Waals surface area (Å²) in [5.74, 6) is 0.433. The fourth-order valence-corrected chi connectivity index (χ4v) is 3.04. The van der Waals surface area contributed by atoms with E-state index in [1.54, 1.807) is 6.92 Å². The number of aryl methyl sites for hydroxylation is 1. The highest BCUT2D eigenvalue weighted by Gasteiger charge is 2.17. The zero-order valence-electron chi connectivity index (χ0n) is 14.6. The van der Waals surface area contributed by atoms with Gasteiger partial charge in [-0.15, -0.1) is 0 Å². The molecule has 0 atom stereocenters. The molecular weight excluding hydrogens is 318 g/mol. The van der Waals surface area contributed by atoms with Crippen LogP contribution in [0.25, 0.3) is 21.8 Å². The van der Waals surface area contributed by atoms with Gasteiger partial charge in [0.2, 0.25) is 0 Å². The summed E-state index contributed by atoms with van der Waals surface area (Å²) in [5, 5.41) is 9.48. The Bertz CT molecular complexity index is 903. The number of ether oxygens (including phenoxy) is 1. The monoisotopic (exact) mass is 341 g/mol. The van der Waals surface area contributed by atoms with Crippen LogP contribution in [0.4, 0.5) is 10.6 Å². The molecule has 1 aromatic carbocycles. The maximum absolute atomic E-state index is 11.5. The molecule has 2 aromatic heterocycles. The van der Waals surface area contributed by atoms with Crippen molar-refractivity contribution in [3.8, 4) is 0 Å². The molecule has 7 heteroatoms. The number of alkyl carbamates (subject to hydrolysis) is 1. The molecular formula is C18H23N5O2. The first kappa shape index (κ1) is 17.0. The summed E-state index contributed by atoms with van der Waals surface area (Å²) in [6.07, 6.45) is 1.19. The molecule has 1 amide bonds. The fraction of sp³-hybridized carbons (Fsp3) is 0.389. The van der Waals surface area contributed by atoms with Crippen molar-refractivity contribution in [2.24, 2.45) is 0 Å². The maximum Gasteiger partial charge on any atom is 0.407 e. The van der Waals surface area contributed by atoms with Crippen LogP contribution in [0, 0.1) is 0 Å². The maximum atomic E-state index is 11.5. The Kier molecular flexibility index (Phi) is 5.02. The number of para-hydroxylation sites is 1. The van der Waals surface area contributed by atoms with Crippen molar-refractivity contribution in [1.82, 2.24) is 20.1 Å². The van der Waals surface area contributed by atoms with Gasteiger partial charge in [0.05, 0.1) is 12.1 Å². The molecule has 2 heterocycles. The van der Waals surface area contributed by atoms with Gasteiger partial charge in [0.15, 0.2) is 5.82 Å². The first-order valence-corrected chi connectivity index (χ1v) is 8.59. The molecule has 0 unspecified atom stereocenters. The summed E-state index contributed by atoms with van der Waals surface area (Å²) in [6.45, 7) is 5.50. The van der Waals surface area contributed by atoms with Crippen LogP contribution in [0.15, 0.2) is 24.3 Å². The van der Waals surface area contributed by atoms with Crippen LogP contribution in [0.3, 0.4) is 0 Å². The molecule has 0 fully saturated rings. The zero-order valence-corrected chi connectivity index (χ0v) is 14.6. The number of aromatic nitrogens is 3. The fourth-order valence-electron chi connectivity index (χ4n) is 3.04. The lowest BCUT2D eigenvalue weighted by molar-refractivity contribution is 0.152. The number of benzene rings is 1. The molecule has 3 rings (SSSR count). The first-order valence-electron chi connectivity index (χ1n) is 8.59. The van der Waals surface area contributed by atoms with Gasteiger partial charge < -0.3 is 15.8 Å². The molecule has 25 heavy (non-hydrogen) atoms. The number of rotatable bonds is 6. The van der Waals surface area contributed by atoms with E-state index >= 15 is 0 Å². The third-order valence-electron chi connectivity index (χ3n) is 4.06. The highest BCUT2D eigenvalue weighted by molar-refractivity contribution is 6.09. The molecule has 0 bridgehead atoms. The van der Waals surface area contributed by atoms with Crippen LogP contribution in [-0.4, -0.2) is 34.0 Å². The molecule has 0 aliphatic heterocycles. The van der Waals surface area contributed by atoms with E-state index in [9.17, 15) is 4.79 Å². The van der Waals surface area contributed by atoms with Crippen LogP contribution < -0.4 is 11.1 Å². The van der Waals surface area contributed by atoms with Crippen LogP contribution >= 0.6 is 0 Å². The van der Waals surface area contributed by atoms with Gasteiger partial charge in [-0.3, -0.25) is 4.68 Å². The summed E-state index contributed by atoms with van der Waals surface area (Å²) in [5.41, 5.74) is 8.77. The van der Waals surface area contributed by atoms with Gasteiger partial charge in [0.1, 0.15) is 5.52 Å². The Balaban J connectivity index is 2.04. The second-order valence-corrected chi connectivity index (χ2v) is 5.80. The van der Waals surface area contributed by atoms with E-state index in [1.165, 1.54) is 0 Å². The van der Waals surface area contributed by atoms with Crippen molar-refractivity contribution in [3.05, 3.63) is 30.0 Å². The lowest BCUT2D eigenvalue weighted by Crippen LogP contribution is -2.27. The minimum atomic E-state index is -0.403. The third kappa shape index (κ3) is 3.35. The second-order valence-electron chi connectivity index (χ2n) is 5.80. The van der Waals surface area contributed by atoms with Gasteiger partial charge in [0.25, 0.3) is 0 Å². The SMILES string of the molecule is CCCn1nc2c(N)nc3ccccc3c2c1CCNC(=O)OCC. The van der Waals surface area contributed by atoms with Gasteiger partial charge in [-0.25, -0.2) is 9.78 Å². The van der Waals surface area contributed by atoms with E-state index in [2.05, 4.69) is 22.3 Å². The van der Waals surface area contributed by atoms with Gasteiger partial charge in [0, 0.05) is 36.0 Å². The Morgan fingerprint density at radius 2 is 2.12 bits per heavy atom. The summed E-state index contributed by atoms with van der Waals surface area (Å²) < 4.78 is 6.89. The Labute approximate surface area is 146 Å². The highest BCUT2D eigenvalue weighted by Crippen LogP contribution is 2.30. The van der Waals surface area contributed by atoms with Crippen molar-refractivity contribution in [3.63, 3.8) is 0 Å². The Morgan fingerprint density at radius 1 is 1.32 bits per heavy atom. The number of nitrogen functional groups attached to an aromatic ring is 1. The number of hydrogen-bond acceptors (Lipinski definition) is 5. The number of hydrogen-bond donors (Lipinski definition) is 2. The van der Waals surface area contributed by atoms with Gasteiger partial charge in [-0.1, -0.05) is 25.1 Å². The lowest BCUT2D eigenvalue weighted by atomic mass is 10.1. The summed E-state index contributed by atoms with van der Waals surface area (Å²) in [6, 6.07) is 7.91. The van der Waals surface area contributed by atoms with Crippen molar-refractivity contribution < 1.29 is 9.53 Å². The first-order chi connectivity index (χ1) is 12.2. The van der Waals surface area contributed by atoms with E-state index in [-0.39, 0.29) is 0 Å². The zero-order chi connectivity index (χ0) is 17.8. The van der Waals surface area contributed by atoms with Crippen molar-refractivity contribution in [1.29, 1.82) is 0 Å². The lowest BCUT2D eigenvalue weighted by Gasteiger charge is -2.09. The van der Waals surface area contributed by atoms with Crippen LogP contribution in [0.2, 0.25) is 0 Å². The third-order valence-corrected chi connectivity index (χ3v) is 4.06. The summed E-state index contributed by atoms with van der Waals surface area (Å²) in [4.78, 5) is 16.0. The number of nitrogens with one attached hydrogen (secondary N) is 1. The highest BCUT2D eigenvalue weighted by atomic mass is 16.5. The number of pyridine rings is 1. The number of nitrogens with zero attached hydrogens (tertiary/aromatic N) is 3. The number of carbonyl (C=O) groups excluding carboxylic acids is 1. The molecule has 0 aliphatic carbocycles. The molecule has 3 aromatic rings. The average Bonchev–Trinajstić information content (AvgIpc) is 2.95. The quantitative estimate of drug-likeness (QED) is 0.719. The van der Waals surface area contributed by atoms with E-state index in [0.717, 1.165) is 40.5 Å². The van der Waals surface area contributed by atoms with E-state index < -0.39 is 6.09 Å². The normalized spacial score (nSPS) is 11.1. The number of anilines is 1. The largest absolute Gasteiger partial charge is 0.450 e. The van der Waals surface area contributed by atoms with Gasteiger partial charge in [-0.05, 0) is 19.4 Å². The molecule has 132 valence electrons. The van der Waals surface area contributed by atoms with E-state index in [4.69, 9.17) is 10.5 Å². The van der Waals surface area contributed by atoms with Gasteiger partial charge >= 0.3 is 6.09 Å². The minimum Gasteiger partial charge on any atom is -0.450 e. The molecule has 0 saturated heterocycles. The molecule has 0 radical (unpaired) electrons. The van der Waals surface area contributed by atoms with Crippen LogP contribution in [-0.2, 0) is 17.7 Å². The number of nitrogens with two attached hydrogens (primary N) is 1. The molecule has 0 saturated carbocycles. The smallest absolute Gasteiger partial charge is 0.407 e. The predicted octanol–water partition coefficient (Wildman–Crippen LogP) is 2.87. The molecule has 7 nitrogen and oxygen atoms in total. The summed E-state index contributed by atoms with van der Waals surface area (Å²) >= 11 is 0. The van der Waals surface area contributed by atoms with Gasteiger partial charge in [-0.2, -0.15) is 5.10 Å². The minimum absolute atomic E-state index is 0.357.